The molecule has 0 saturated carbocycles. The van der Waals surface area contributed by atoms with Gasteiger partial charge in [0.1, 0.15) is 0 Å². The van der Waals surface area contributed by atoms with Crippen molar-refractivity contribution in [1.29, 1.82) is 0 Å². The van der Waals surface area contributed by atoms with Crippen LogP contribution in [0.2, 0.25) is 0 Å². The molecule has 11 aromatic carbocycles. The van der Waals surface area contributed by atoms with E-state index in [2.05, 4.69) is 206 Å². The summed E-state index contributed by atoms with van der Waals surface area (Å²) in [4.78, 5) is 30.4. The molecule has 80 heavy (non-hydrogen) atoms. The number of hydrogen-bond acceptors (Lipinski definition) is 6. The summed E-state index contributed by atoms with van der Waals surface area (Å²) in [5.74, 6) is 4.04. The van der Waals surface area contributed by atoms with E-state index in [0.717, 1.165) is 66.8 Å². The minimum absolute atomic E-state index is 0.113. The highest BCUT2D eigenvalue weighted by Crippen LogP contribution is 2.57. The van der Waals surface area contributed by atoms with E-state index in [1.165, 1.54) is 44.5 Å². The highest BCUT2D eigenvalue weighted by Gasteiger charge is 2.41. The van der Waals surface area contributed by atoms with Crippen molar-refractivity contribution in [3.8, 4) is 113 Å². The van der Waals surface area contributed by atoms with Crippen LogP contribution in [-0.2, 0) is 0 Å². The van der Waals surface area contributed by atoms with E-state index in [4.69, 9.17) is 29.9 Å². The molecule has 0 amide bonds. The van der Waals surface area contributed by atoms with Crippen LogP contribution >= 0.6 is 0 Å². The lowest BCUT2D eigenvalue weighted by Gasteiger charge is -2.42. The second-order valence-corrected chi connectivity index (χ2v) is 20.6. The van der Waals surface area contributed by atoms with Gasteiger partial charge in [0, 0.05) is 45.2 Å². The largest absolute Gasteiger partial charge is 0.208 e. The Balaban J connectivity index is 0.737. The monoisotopic (exact) mass is 1020 g/mol. The maximum Gasteiger partial charge on any atom is 0.164 e. The lowest BCUT2D eigenvalue weighted by molar-refractivity contribution is 0.755. The van der Waals surface area contributed by atoms with Crippen molar-refractivity contribution in [2.45, 2.75) is 11.8 Å². The molecule has 0 fully saturated rings. The van der Waals surface area contributed by atoms with E-state index >= 15 is 0 Å². The van der Waals surface area contributed by atoms with Gasteiger partial charge in [0.25, 0.3) is 0 Å². The molecule has 0 spiro atoms. The smallest absolute Gasteiger partial charge is 0.164 e. The van der Waals surface area contributed by atoms with Crippen molar-refractivity contribution < 1.29 is 0 Å². The van der Waals surface area contributed by atoms with E-state index in [0.29, 0.717) is 34.9 Å². The van der Waals surface area contributed by atoms with E-state index < -0.39 is 0 Å². The Labute approximate surface area is 464 Å². The maximum absolute atomic E-state index is 5.11. The minimum Gasteiger partial charge on any atom is -0.208 e. The predicted octanol–water partition coefficient (Wildman–Crippen LogP) is 17.7. The van der Waals surface area contributed by atoms with Crippen molar-refractivity contribution >= 4 is 0 Å². The summed E-state index contributed by atoms with van der Waals surface area (Å²) in [7, 11) is 0. The van der Waals surface area contributed by atoms with Crippen LogP contribution in [0, 0.1) is 0 Å². The molecule has 6 nitrogen and oxygen atoms in total. The Bertz CT molecular complexity index is 4160. The second-order valence-electron chi connectivity index (χ2n) is 20.6. The number of nitrogens with zero attached hydrogens (tertiary/aromatic N) is 6. The van der Waals surface area contributed by atoms with Gasteiger partial charge in [-0.2, -0.15) is 0 Å². The van der Waals surface area contributed by atoms with Gasteiger partial charge in [-0.15, -0.1) is 0 Å². The highest BCUT2D eigenvalue weighted by molar-refractivity contribution is 5.79. The van der Waals surface area contributed by atoms with Crippen LogP contribution in [0.25, 0.3) is 113 Å². The average molecular weight is 1020 g/mol. The Morgan fingerprint density at radius 2 is 0.375 bits per heavy atom. The number of aromatic nitrogens is 6. The van der Waals surface area contributed by atoms with Gasteiger partial charge in [-0.05, 0) is 102 Å². The first kappa shape index (κ1) is 46.7. The zero-order valence-electron chi connectivity index (χ0n) is 43.4. The first-order valence-corrected chi connectivity index (χ1v) is 27.1. The molecular weight excluding hydrogens is 973 g/mol. The Morgan fingerprint density at radius 3 is 0.738 bits per heavy atom. The molecular formula is C74H48N6. The molecule has 2 bridgehead atoms. The van der Waals surface area contributed by atoms with Gasteiger partial charge in [-0.3, -0.25) is 0 Å². The maximum atomic E-state index is 5.11. The van der Waals surface area contributed by atoms with Gasteiger partial charge in [0.05, 0.1) is 0 Å². The molecule has 6 heteroatoms. The van der Waals surface area contributed by atoms with Crippen LogP contribution in [0.15, 0.2) is 279 Å². The van der Waals surface area contributed by atoms with Crippen molar-refractivity contribution in [3.63, 3.8) is 0 Å². The third-order valence-electron chi connectivity index (χ3n) is 15.8. The lowest BCUT2D eigenvalue weighted by Crippen LogP contribution is -2.27. The van der Waals surface area contributed by atoms with Gasteiger partial charge >= 0.3 is 0 Å². The first-order chi connectivity index (χ1) is 39.6. The normalized spacial score (nSPS) is 13.8. The van der Waals surface area contributed by atoms with E-state index in [-0.39, 0.29) is 11.8 Å². The number of rotatable bonds is 10. The zero-order chi connectivity index (χ0) is 52.9. The third kappa shape index (κ3) is 8.56. The van der Waals surface area contributed by atoms with Crippen LogP contribution in [0.4, 0.5) is 0 Å². The summed E-state index contributed by atoms with van der Waals surface area (Å²) in [6.07, 6.45) is 0. The van der Waals surface area contributed by atoms with E-state index in [9.17, 15) is 0 Å². The molecule has 3 aliphatic carbocycles. The molecule has 374 valence electrons. The summed E-state index contributed by atoms with van der Waals surface area (Å²) in [6.45, 7) is 0. The number of benzene rings is 11. The quantitative estimate of drug-likeness (QED) is 0.136. The fourth-order valence-electron chi connectivity index (χ4n) is 11.8. The predicted molar refractivity (Wildman–Crippen MR) is 322 cm³/mol. The van der Waals surface area contributed by atoms with Crippen molar-refractivity contribution in [2.75, 3.05) is 0 Å². The minimum atomic E-state index is 0.113. The standard InChI is InChI=1S/C74H48N6/c1-5-17-47(18-6-1)55-25-15-27-59(43-55)73-77-69(51-21-9-3-10-22-51)75-71(79-73)53-35-31-49(32-36-53)57-39-41-63-65(45-57)67-61-29-13-14-30-62(61)68(63)66-46-58(40-42-64(66)67)50-33-37-54(38-34-50)72-76-70(52-23-11-4-12-24-52)78-74(80-72)60-28-16-26-56(44-60)48-19-7-2-8-20-48/h1-46,67-68H. The van der Waals surface area contributed by atoms with Crippen LogP contribution in [-0.4, -0.2) is 29.9 Å². The molecule has 2 heterocycles. The van der Waals surface area contributed by atoms with Crippen LogP contribution < -0.4 is 0 Å². The molecule has 3 aliphatic rings. The molecule has 0 saturated heterocycles. The summed E-state index contributed by atoms with van der Waals surface area (Å²) < 4.78 is 0. The molecule has 2 aromatic heterocycles. The van der Waals surface area contributed by atoms with Gasteiger partial charge in [0.2, 0.25) is 0 Å². The summed E-state index contributed by atoms with van der Waals surface area (Å²) in [6, 6.07) is 98.6. The Kier molecular flexibility index (Phi) is 11.6. The first-order valence-electron chi connectivity index (χ1n) is 27.1. The summed E-state index contributed by atoms with van der Waals surface area (Å²) >= 11 is 0. The van der Waals surface area contributed by atoms with Gasteiger partial charge in [-0.25, -0.2) is 29.9 Å². The van der Waals surface area contributed by atoms with Crippen LogP contribution in [0.5, 0.6) is 0 Å². The topological polar surface area (TPSA) is 77.3 Å². The fourth-order valence-corrected chi connectivity index (χ4v) is 11.8. The SMILES string of the molecule is c1ccc(-c2cccc(-c3nc(-c4ccccc4)nc(-c4ccc(-c5ccc6c(c5)C5c7ccccc7C6c6cc(-c7ccc(-c8nc(-c9ccccc9)nc(-c9cccc(-c%10ccccc%10)c9)n8)cc7)ccc65)cc4)n3)c2)cc1. The van der Waals surface area contributed by atoms with Crippen LogP contribution in [0.1, 0.15) is 45.2 Å². The molecule has 16 rings (SSSR count). The van der Waals surface area contributed by atoms with E-state index in [1.54, 1.807) is 0 Å². The van der Waals surface area contributed by atoms with Crippen LogP contribution in [0.3, 0.4) is 0 Å². The lowest BCUT2D eigenvalue weighted by atomic mass is 9.60. The van der Waals surface area contributed by atoms with E-state index in [1.807, 2.05) is 72.8 Å². The Morgan fingerprint density at radius 1 is 0.150 bits per heavy atom. The zero-order valence-corrected chi connectivity index (χ0v) is 43.4. The molecule has 2 atom stereocenters. The molecule has 2 unspecified atom stereocenters. The van der Waals surface area contributed by atoms with Crippen molar-refractivity contribution in [1.82, 2.24) is 29.9 Å². The summed E-state index contributed by atoms with van der Waals surface area (Å²) in [5.41, 5.74) is 23.0. The van der Waals surface area contributed by atoms with Gasteiger partial charge in [0.15, 0.2) is 34.9 Å². The Hall–Kier alpha value is -10.6. The highest BCUT2D eigenvalue weighted by atomic mass is 15.0. The molecule has 0 N–H and O–H groups in total. The van der Waals surface area contributed by atoms with Crippen molar-refractivity contribution in [3.05, 3.63) is 312 Å². The summed E-state index contributed by atoms with van der Waals surface area (Å²) in [5, 5.41) is 0. The van der Waals surface area contributed by atoms with Gasteiger partial charge < -0.3 is 0 Å². The molecule has 0 radical (unpaired) electrons. The fraction of sp³-hybridized carbons (Fsp3) is 0.0270. The molecule has 0 aliphatic heterocycles. The number of hydrogen-bond donors (Lipinski definition) is 0. The molecule has 13 aromatic rings. The van der Waals surface area contributed by atoms with Crippen molar-refractivity contribution in [2.24, 2.45) is 0 Å². The van der Waals surface area contributed by atoms with Gasteiger partial charge in [-0.1, -0.05) is 255 Å². The average Bonchev–Trinajstić information content (AvgIpc) is 3.67. The third-order valence-corrected chi connectivity index (χ3v) is 15.8. The second kappa shape index (κ2) is 19.8.